The second kappa shape index (κ2) is 9.94. The first-order valence-corrected chi connectivity index (χ1v) is 11.2. The molecule has 1 aliphatic carbocycles. The summed E-state index contributed by atoms with van der Waals surface area (Å²) in [7, 11) is 4.02. The van der Waals surface area contributed by atoms with Crippen LogP contribution in [0.5, 0.6) is 0 Å². The van der Waals surface area contributed by atoms with E-state index in [9.17, 15) is 0 Å². The van der Waals surface area contributed by atoms with Gasteiger partial charge in [-0.1, -0.05) is 18.2 Å². The van der Waals surface area contributed by atoms with E-state index in [-0.39, 0.29) is 6.17 Å². The number of nitrogens with zero attached hydrogens (tertiary/aromatic N) is 4. The van der Waals surface area contributed by atoms with Crippen LogP contribution in [0.3, 0.4) is 0 Å². The molecule has 2 heterocycles. The Balaban J connectivity index is 1.42. The van der Waals surface area contributed by atoms with Crippen LogP contribution in [-0.4, -0.2) is 61.0 Å². The number of hydrogen-bond acceptors (Lipinski definition) is 5. The van der Waals surface area contributed by atoms with Gasteiger partial charge in [-0.05, 0) is 62.4 Å². The Labute approximate surface area is 180 Å². The minimum absolute atomic E-state index is 0.225. The molecule has 0 radical (unpaired) electrons. The molecule has 1 aliphatic heterocycles. The Hall–Kier alpha value is -2.60. The third-order valence-corrected chi connectivity index (χ3v) is 5.90. The number of benzene rings is 1. The van der Waals surface area contributed by atoms with Crippen molar-refractivity contribution in [3.05, 3.63) is 53.9 Å². The van der Waals surface area contributed by atoms with Crippen molar-refractivity contribution in [3.8, 4) is 0 Å². The molecule has 1 aromatic carbocycles. The zero-order valence-electron chi connectivity index (χ0n) is 18.2. The highest BCUT2D eigenvalue weighted by Crippen LogP contribution is 2.34. The maximum absolute atomic E-state index is 4.80. The first kappa shape index (κ1) is 20.7. The van der Waals surface area contributed by atoms with Gasteiger partial charge in [-0.25, -0.2) is 0 Å². The van der Waals surface area contributed by atoms with E-state index in [0.29, 0.717) is 6.04 Å². The van der Waals surface area contributed by atoms with Crippen molar-refractivity contribution < 1.29 is 0 Å². The number of aryl methyl sites for hydroxylation is 1. The van der Waals surface area contributed by atoms with E-state index in [1.54, 1.807) is 0 Å². The normalized spacial score (nSPS) is 18.2. The van der Waals surface area contributed by atoms with E-state index in [2.05, 4.69) is 56.9 Å². The molecule has 6 heteroatoms. The molecule has 0 saturated carbocycles. The fourth-order valence-corrected chi connectivity index (χ4v) is 4.53. The van der Waals surface area contributed by atoms with Crippen molar-refractivity contribution in [2.24, 2.45) is 4.99 Å². The average Bonchev–Trinajstić information content (AvgIpc) is 3.17. The Kier molecular flexibility index (Phi) is 6.84. The van der Waals surface area contributed by atoms with Gasteiger partial charge in [-0.15, -0.1) is 0 Å². The summed E-state index contributed by atoms with van der Waals surface area (Å²) in [6.45, 7) is 2.90. The molecule has 6 nitrogen and oxygen atoms in total. The molecule has 0 amide bonds. The minimum Gasteiger partial charge on any atom is -0.369 e. The number of fused-ring (bicyclic) bond motifs is 2. The molecule has 4 rings (SSSR count). The lowest BCUT2D eigenvalue weighted by molar-refractivity contribution is 0.168. The highest BCUT2D eigenvalue weighted by atomic mass is 15.3. The fraction of sp³-hybridized carbons (Fsp3) is 0.500. The lowest BCUT2D eigenvalue weighted by atomic mass is 9.90. The summed E-state index contributed by atoms with van der Waals surface area (Å²) in [6.07, 6.45) is 9.90. The second-order valence-electron chi connectivity index (χ2n) is 8.53. The highest BCUT2D eigenvalue weighted by molar-refractivity contribution is 5.74. The quantitative estimate of drug-likeness (QED) is 0.375. The van der Waals surface area contributed by atoms with Gasteiger partial charge in [0, 0.05) is 33.4 Å². The van der Waals surface area contributed by atoms with Crippen LogP contribution in [0.15, 0.2) is 47.6 Å². The van der Waals surface area contributed by atoms with Gasteiger partial charge >= 0.3 is 0 Å². The van der Waals surface area contributed by atoms with Crippen LogP contribution >= 0.6 is 0 Å². The number of pyridine rings is 1. The SMILES string of the molecule is CN(C)/C=N/CCCCN(CC1Nc2ccccc2N1)C1CCCc2cccnc21. The molecule has 0 fully saturated rings. The summed E-state index contributed by atoms with van der Waals surface area (Å²) in [5, 5.41) is 7.30. The molecule has 1 atom stereocenters. The molecular weight excluding hydrogens is 372 g/mol. The van der Waals surface area contributed by atoms with Crippen molar-refractivity contribution in [2.45, 2.75) is 44.3 Å². The Morgan fingerprint density at radius 2 is 1.90 bits per heavy atom. The molecule has 1 aromatic heterocycles. The number of aromatic nitrogens is 1. The number of aliphatic imine (C=N–C) groups is 1. The molecule has 2 N–H and O–H groups in total. The largest absolute Gasteiger partial charge is 0.369 e. The summed E-state index contributed by atoms with van der Waals surface area (Å²) in [5.74, 6) is 0. The van der Waals surface area contributed by atoms with Crippen LogP contribution < -0.4 is 10.6 Å². The number of anilines is 2. The maximum Gasteiger partial charge on any atom is 0.110 e. The van der Waals surface area contributed by atoms with E-state index in [1.807, 2.05) is 31.5 Å². The van der Waals surface area contributed by atoms with E-state index in [1.165, 1.54) is 35.5 Å². The fourth-order valence-electron chi connectivity index (χ4n) is 4.53. The van der Waals surface area contributed by atoms with E-state index >= 15 is 0 Å². The zero-order chi connectivity index (χ0) is 20.8. The van der Waals surface area contributed by atoms with E-state index < -0.39 is 0 Å². The molecule has 0 spiro atoms. The number of rotatable bonds is 9. The van der Waals surface area contributed by atoms with Crippen LogP contribution in [0.4, 0.5) is 11.4 Å². The first-order chi connectivity index (χ1) is 14.7. The predicted octanol–water partition coefficient (Wildman–Crippen LogP) is 3.99. The lowest BCUT2D eigenvalue weighted by Gasteiger charge is -2.36. The van der Waals surface area contributed by atoms with Gasteiger partial charge in [0.05, 0.1) is 29.4 Å². The van der Waals surface area contributed by atoms with Crippen LogP contribution in [-0.2, 0) is 6.42 Å². The Morgan fingerprint density at radius 1 is 1.10 bits per heavy atom. The number of para-hydroxylation sites is 2. The van der Waals surface area contributed by atoms with E-state index in [4.69, 9.17) is 4.98 Å². The molecule has 1 unspecified atom stereocenters. The van der Waals surface area contributed by atoms with Crippen LogP contribution in [0.1, 0.15) is 43.0 Å². The Morgan fingerprint density at radius 3 is 2.67 bits per heavy atom. The van der Waals surface area contributed by atoms with Crippen LogP contribution in [0.2, 0.25) is 0 Å². The number of nitrogens with one attached hydrogen (secondary N) is 2. The topological polar surface area (TPSA) is 55.8 Å². The third-order valence-electron chi connectivity index (χ3n) is 5.90. The van der Waals surface area contributed by atoms with Crippen molar-refractivity contribution in [1.29, 1.82) is 0 Å². The molecule has 0 bridgehead atoms. The second-order valence-corrected chi connectivity index (χ2v) is 8.53. The summed E-state index contributed by atoms with van der Waals surface area (Å²) < 4.78 is 0. The van der Waals surface area contributed by atoms with Crippen molar-refractivity contribution in [2.75, 3.05) is 44.4 Å². The van der Waals surface area contributed by atoms with Gasteiger partial charge in [-0.3, -0.25) is 14.9 Å². The summed E-state index contributed by atoms with van der Waals surface area (Å²) in [6, 6.07) is 13.2. The molecule has 2 aromatic rings. The summed E-state index contributed by atoms with van der Waals surface area (Å²) in [5.41, 5.74) is 5.10. The van der Waals surface area contributed by atoms with Crippen molar-refractivity contribution in [3.63, 3.8) is 0 Å². The number of unbranched alkanes of at least 4 members (excludes halogenated alkanes) is 1. The minimum atomic E-state index is 0.225. The van der Waals surface area contributed by atoms with Gasteiger partial charge in [0.15, 0.2) is 0 Å². The van der Waals surface area contributed by atoms with Crippen molar-refractivity contribution in [1.82, 2.24) is 14.8 Å². The third kappa shape index (κ3) is 5.11. The standard InChI is InChI=1S/C24H34N6/c1-29(2)18-25-14-5-6-16-30(17-23-27-20-11-3-4-12-21(20)28-23)22-13-7-9-19-10-8-15-26-24(19)22/h3-4,8,10-12,15,18,22-23,27-28H,5-7,9,13-14,16-17H2,1-2H3/b25-18+. The smallest absolute Gasteiger partial charge is 0.110 e. The number of hydrogen-bond donors (Lipinski definition) is 2. The molecule has 0 saturated heterocycles. The van der Waals surface area contributed by atoms with Crippen LogP contribution in [0.25, 0.3) is 0 Å². The van der Waals surface area contributed by atoms with Gasteiger partial charge in [0.1, 0.15) is 6.17 Å². The van der Waals surface area contributed by atoms with E-state index in [0.717, 1.165) is 38.9 Å². The monoisotopic (exact) mass is 406 g/mol. The highest BCUT2D eigenvalue weighted by Gasteiger charge is 2.30. The predicted molar refractivity (Wildman–Crippen MR) is 125 cm³/mol. The van der Waals surface area contributed by atoms with Gasteiger partial charge in [-0.2, -0.15) is 0 Å². The lowest BCUT2D eigenvalue weighted by Crippen LogP contribution is -2.42. The first-order valence-electron chi connectivity index (χ1n) is 11.2. The zero-order valence-corrected chi connectivity index (χ0v) is 18.2. The molecule has 30 heavy (non-hydrogen) atoms. The molecular formula is C24H34N6. The van der Waals surface area contributed by atoms with Crippen LogP contribution in [0, 0.1) is 0 Å². The molecule has 160 valence electrons. The summed E-state index contributed by atoms with van der Waals surface area (Å²) >= 11 is 0. The summed E-state index contributed by atoms with van der Waals surface area (Å²) in [4.78, 5) is 13.9. The van der Waals surface area contributed by atoms with Gasteiger partial charge < -0.3 is 15.5 Å². The van der Waals surface area contributed by atoms with Crippen molar-refractivity contribution >= 4 is 17.7 Å². The van der Waals surface area contributed by atoms with Gasteiger partial charge in [0.25, 0.3) is 0 Å². The van der Waals surface area contributed by atoms with Gasteiger partial charge in [0.2, 0.25) is 0 Å². The Bertz CT molecular complexity index is 824. The molecule has 2 aliphatic rings. The average molecular weight is 407 g/mol. The maximum atomic E-state index is 4.80.